The quantitative estimate of drug-likeness (QED) is 0.439. The summed E-state index contributed by atoms with van der Waals surface area (Å²) in [4.78, 5) is 26.5. The van der Waals surface area contributed by atoms with Crippen LogP contribution in [0.25, 0.3) is 16.3 Å². The number of non-ortho nitro benzene ring substituents is 1. The Kier molecular flexibility index (Phi) is 4.35. The van der Waals surface area contributed by atoms with Gasteiger partial charge < -0.3 is 5.32 Å². The molecule has 1 N–H and O–H groups in total. The number of nitrogens with zero attached hydrogens (tertiary/aromatic N) is 2. The Bertz CT molecular complexity index is 945. The molecule has 0 fully saturated rings. The Morgan fingerprint density at radius 2 is 2.00 bits per heavy atom. The molecule has 3 rings (SSSR count). The summed E-state index contributed by atoms with van der Waals surface area (Å²) in [5.41, 5.74) is 2.34. The number of carbonyl (C=O) groups excluding carboxylic acids is 1. The zero-order chi connectivity index (χ0) is 17.1. The fourth-order valence-corrected chi connectivity index (χ4v) is 3.05. The topological polar surface area (TPSA) is 85.1 Å². The van der Waals surface area contributed by atoms with Crippen LogP contribution in [0.5, 0.6) is 0 Å². The minimum atomic E-state index is -0.461. The molecule has 0 spiro atoms. The SMILES string of the molecule is Cc1nc2ccc(NC(=O)C=Cc3ccc([N+](=O)[O-])cc3)cc2s1. The van der Waals surface area contributed by atoms with Gasteiger partial charge in [-0.2, -0.15) is 0 Å². The molecule has 0 radical (unpaired) electrons. The Hall–Kier alpha value is -3.06. The summed E-state index contributed by atoms with van der Waals surface area (Å²) in [6, 6.07) is 11.5. The molecule has 3 aromatic rings. The maximum atomic E-state index is 12.0. The van der Waals surface area contributed by atoms with Crippen molar-refractivity contribution in [1.29, 1.82) is 0 Å². The Morgan fingerprint density at radius 1 is 1.25 bits per heavy atom. The van der Waals surface area contributed by atoms with Crippen LogP contribution in [-0.4, -0.2) is 15.8 Å². The van der Waals surface area contributed by atoms with Gasteiger partial charge in [0.15, 0.2) is 0 Å². The van der Waals surface area contributed by atoms with E-state index in [0.717, 1.165) is 15.2 Å². The predicted molar refractivity (Wildman–Crippen MR) is 95.1 cm³/mol. The highest BCUT2D eigenvalue weighted by molar-refractivity contribution is 7.18. The first-order valence-electron chi connectivity index (χ1n) is 7.12. The number of carbonyl (C=O) groups is 1. The highest BCUT2D eigenvalue weighted by Gasteiger charge is 2.04. The summed E-state index contributed by atoms with van der Waals surface area (Å²) in [6.07, 6.45) is 3.00. The number of benzene rings is 2. The maximum Gasteiger partial charge on any atom is 0.269 e. The molecule has 6 nitrogen and oxygen atoms in total. The molecule has 2 aromatic carbocycles. The highest BCUT2D eigenvalue weighted by Crippen LogP contribution is 2.24. The number of thiazole rings is 1. The van der Waals surface area contributed by atoms with Crippen LogP contribution in [0.1, 0.15) is 10.6 Å². The average molecular weight is 339 g/mol. The number of aryl methyl sites for hydroxylation is 1. The van der Waals surface area contributed by atoms with Crippen LogP contribution in [-0.2, 0) is 4.79 Å². The van der Waals surface area contributed by atoms with Crippen LogP contribution in [0.2, 0.25) is 0 Å². The van der Waals surface area contributed by atoms with E-state index >= 15 is 0 Å². The first-order chi connectivity index (χ1) is 11.5. The number of hydrogen-bond donors (Lipinski definition) is 1. The number of rotatable bonds is 4. The number of nitro benzene ring substituents is 1. The van der Waals surface area contributed by atoms with E-state index in [-0.39, 0.29) is 11.6 Å². The molecule has 1 aromatic heterocycles. The first kappa shape index (κ1) is 15.8. The largest absolute Gasteiger partial charge is 0.322 e. The lowest BCUT2D eigenvalue weighted by Crippen LogP contribution is -2.07. The third-order valence-electron chi connectivity index (χ3n) is 3.29. The number of nitro groups is 1. The second-order valence-electron chi connectivity index (χ2n) is 5.09. The van der Waals surface area contributed by atoms with Gasteiger partial charge >= 0.3 is 0 Å². The monoisotopic (exact) mass is 339 g/mol. The zero-order valence-corrected chi connectivity index (χ0v) is 13.5. The highest BCUT2D eigenvalue weighted by atomic mass is 32.1. The van der Waals surface area contributed by atoms with Crippen molar-refractivity contribution in [1.82, 2.24) is 4.98 Å². The molecule has 7 heteroatoms. The lowest BCUT2D eigenvalue weighted by Gasteiger charge is -2.01. The Morgan fingerprint density at radius 3 is 2.71 bits per heavy atom. The third-order valence-corrected chi connectivity index (χ3v) is 4.23. The van der Waals surface area contributed by atoms with E-state index in [4.69, 9.17) is 0 Å². The van der Waals surface area contributed by atoms with Gasteiger partial charge in [-0.3, -0.25) is 14.9 Å². The van der Waals surface area contributed by atoms with Crippen molar-refractivity contribution in [3.63, 3.8) is 0 Å². The van der Waals surface area contributed by atoms with E-state index in [1.807, 2.05) is 19.1 Å². The smallest absolute Gasteiger partial charge is 0.269 e. The molecule has 120 valence electrons. The van der Waals surface area contributed by atoms with Crippen molar-refractivity contribution in [2.45, 2.75) is 6.92 Å². The number of aromatic nitrogens is 1. The summed E-state index contributed by atoms with van der Waals surface area (Å²) in [5.74, 6) is -0.269. The van der Waals surface area contributed by atoms with Crippen molar-refractivity contribution in [3.05, 3.63) is 69.2 Å². The molecule has 0 unspecified atom stereocenters. The second-order valence-corrected chi connectivity index (χ2v) is 6.32. The number of nitrogens with one attached hydrogen (secondary N) is 1. The van der Waals surface area contributed by atoms with Crippen LogP contribution < -0.4 is 5.32 Å². The van der Waals surface area contributed by atoms with Crippen molar-refractivity contribution >= 4 is 44.9 Å². The molecule has 0 atom stereocenters. The predicted octanol–water partition coefficient (Wildman–Crippen LogP) is 4.16. The molecule has 1 heterocycles. The fraction of sp³-hybridized carbons (Fsp3) is 0.0588. The van der Waals surface area contributed by atoms with Crippen molar-refractivity contribution in [2.75, 3.05) is 5.32 Å². The number of amides is 1. The van der Waals surface area contributed by atoms with Crippen LogP contribution >= 0.6 is 11.3 Å². The molecule has 0 saturated heterocycles. The number of hydrogen-bond acceptors (Lipinski definition) is 5. The molecule has 0 aliphatic heterocycles. The van der Waals surface area contributed by atoms with Gasteiger partial charge in [0.05, 0.1) is 20.1 Å². The van der Waals surface area contributed by atoms with Gasteiger partial charge in [-0.15, -0.1) is 11.3 Å². The van der Waals surface area contributed by atoms with Gasteiger partial charge in [-0.1, -0.05) is 0 Å². The third kappa shape index (κ3) is 3.64. The van der Waals surface area contributed by atoms with Gasteiger partial charge in [-0.25, -0.2) is 4.98 Å². The molecule has 24 heavy (non-hydrogen) atoms. The van der Waals surface area contributed by atoms with Gasteiger partial charge in [0.25, 0.3) is 5.69 Å². The maximum absolute atomic E-state index is 12.0. The van der Waals surface area contributed by atoms with Gasteiger partial charge in [0.1, 0.15) is 0 Å². The van der Waals surface area contributed by atoms with Gasteiger partial charge in [0, 0.05) is 23.9 Å². The standard InChI is InChI=1S/C17H13N3O3S/c1-11-18-15-8-5-13(10-16(15)24-11)19-17(21)9-4-12-2-6-14(7-3-12)20(22)23/h2-10H,1H3,(H,19,21). The van der Waals surface area contributed by atoms with E-state index in [0.29, 0.717) is 11.3 Å². The van der Waals surface area contributed by atoms with Crippen molar-refractivity contribution in [2.24, 2.45) is 0 Å². The molecular formula is C17H13N3O3S. The zero-order valence-electron chi connectivity index (χ0n) is 12.7. The summed E-state index contributed by atoms with van der Waals surface area (Å²) in [5, 5.41) is 14.4. The Labute approximate surface area is 141 Å². The molecule has 0 saturated carbocycles. The molecule has 0 aliphatic carbocycles. The van der Waals surface area contributed by atoms with Gasteiger partial charge in [-0.05, 0) is 48.9 Å². The fourth-order valence-electron chi connectivity index (χ4n) is 2.18. The van der Waals surface area contributed by atoms with Gasteiger partial charge in [0.2, 0.25) is 5.91 Å². The summed E-state index contributed by atoms with van der Waals surface area (Å²) < 4.78 is 1.02. The molecular weight excluding hydrogens is 326 g/mol. The van der Waals surface area contributed by atoms with Crippen LogP contribution in [0.4, 0.5) is 11.4 Å². The van der Waals surface area contributed by atoms with E-state index in [9.17, 15) is 14.9 Å². The lowest BCUT2D eigenvalue weighted by molar-refractivity contribution is -0.384. The van der Waals surface area contributed by atoms with E-state index in [2.05, 4.69) is 10.3 Å². The summed E-state index contributed by atoms with van der Waals surface area (Å²) in [6.45, 7) is 1.94. The number of anilines is 1. The molecule has 1 amide bonds. The lowest BCUT2D eigenvalue weighted by atomic mass is 10.2. The van der Waals surface area contributed by atoms with Crippen molar-refractivity contribution < 1.29 is 9.72 Å². The summed E-state index contributed by atoms with van der Waals surface area (Å²) in [7, 11) is 0. The minimum Gasteiger partial charge on any atom is -0.322 e. The minimum absolute atomic E-state index is 0.0183. The summed E-state index contributed by atoms with van der Waals surface area (Å²) >= 11 is 1.57. The second kappa shape index (κ2) is 6.59. The van der Waals surface area contributed by atoms with E-state index in [1.54, 1.807) is 35.6 Å². The average Bonchev–Trinajstić information content (AvgIpc) is 2.92. The molecule has 0 bridgehead atoms. The van der Waals surface area contributed by atoms with E-state index in [1.165, 1.54) is 18.2 Å². The first-order valence-corrected chi connectivity index (χ1v) is 7.93. The normalized spacial score (nSPS) is 11.0. The van der Waals surface area contributed by atoms with Crippen LogP contribution in [0.15, 0.2) is 48.5 Å². The number of fused-ring (bicyclic) bond motifs is 1. The van der Waals surface area contributed by atoms with Crippen LogP contribution in [0, 0.1) is 17.0 Å². The van der Waals surface area contributed by atoms with E-state index < -0.39 is 4.92 Å². The van der Waals surface area contributed by atoms with Crippen molar-refractivity contribution in [3.8, 4) is 0 Å². The Balaban J connectivity index is 1.68. The molecule has 0 aliphatic rings. The van der Waals surface area contributed by atoms with Crippen LogP contribution in [0.3, 0.4) is 0 Å².